The Labute approximate surface area is 482 Å². The Morgan fingerprint density at radius 2 is 0.531 bits per heavy atom. The lowest BCUT2D eigenvalue weighted by Gasteiger charge is -2.13. The third-order valence-electron chi connectivity index (χ3n) is 13.7. The van der Waals surface area contributed by atoms with Crippen molar-refractivity contribution in [1.29, 1.82) is 0 Å². The van der Waals surface area contributed by atoms with E-state index in [2.05, 4.69) is 19.7 Å². The molecular weight excluding hydrogens is 1030 g/mol. The normalized spacial score (nSPS) is 11.0. The van der Waals surface area contributed by atoms with Gasteiger partial charge in [-0.25, -0.2) is 29.3 Å². The number of phenolic OH excluding ortho intramolecular Hbond substituents is 3. The van der Waals surface area contributed by atoms with E-state index in [9.17, 15) is 29.7 Å². The first-order valence-corrected chi connectivity index (χ1v) is 29.9. The molecule has 0 unspecified atom stereocenters. The largest absolute Gasteiger partial charge is 0.507 e. The van der Waals surface area contributed by atoms with Crippen LogP contribution < -0.4 is 14.2 Å². The van der Waals surface area contributed by atoms with Crippen molar-refractivity contribution < 1.29 is 58.1 Å². The van der Waals surface area contributed by atoms with E-state index < -0.39 is 0 Å². The molecule has 1 aromatic heterocycles. The van der Waals surface area contributed by atoms with Crippen LogP contribution in [-0.2, 0) is 28.6 Å². The van der Waals surface area contributed by atoms with Crippen molar-refractivity contribution in [2.75, 3.05) is 39.6 Å². The van der Waals surface area contributed by atoms with Crippen LogP contribution in [0.4, 0.5) is 0 Å². The van der Waals surface area contributed by atoms with E-state index in [-0.39, 0.29) is 52.6 Å². The standard InChI is InChI=1S/C66H93N3O12/c1-49(2)64(73)79-43-31-25-19-13-7-10-16-22-28-40-76-52-34-37-55(58(70)46-52)61-67-62(56-38-35-53(47-59(56)71)77-41-29-23-17-11-8-14-20-26-32-44-80-65(74)50(3)4)69-63(68-61)57-39-36-54(48-60(57)72)78-42-30-24-18-12-9-15-21-27-33-45-81-66(75)51(5)6/h34-39,46-48,70-72H,1,3,5,7-33,40-45H2,2,4,6H3. The molecule has 444 valence electrons. The molecule has 0 spiro atoms. The number of hydrogen-bond donors (Lipinski definition) is 3. The summed E-state index contributed by atoms with van der Waals surface area (Å²) < 4.78 is 33.6. The zero-order valence-electron chi connectivity index (χ0n) is 49.0. The van der Waals surface area contributed by atoms with E-state index in [1.54, 1.807) is 75.4 Å². The maximum Gasteiger partial charge on any atom is 0.333 e. The predicted octanol–water partition coefficient (Wildman–Crippen LogP) is 16.0. The van der Waals surface area contributed by atoms with Crippen LogP contribution in [0, 0.1) is 0 Å². The van der Waals surface area contributed by atoms with Gasteiger partial charge in [-0.3, -0.25) is 0 Å². The minimum absolute atomic E-state index is 0.1000. The van der Waals surface area contributed by atoms with Crippen molar-refractivity contribution in [3.8, 4) is 68.7 Å². The first-order chi connectivity index (χ1) is 39.2. The molecule has 0 bridgehead atoms. The molecule has 0 aliphatic carbocycles. The van der Waals surface area contributed by atoms with Gasteiger partial charge in [0.2, 0.25) is 0 Å². The Balaban J connectivity index is 1.30. The highest BCUT2D eigenvalue weighted by molar-refractivity contribution is 5.87. The van der Waals surface area contributed by atoms with Crippen molar-refractivity contribution in [3.05, 3.63) is 91.1 Å². The molecule has 0 amide bonds. The van der Waals surface area contributed by atoms with Crippen LogP contribution in [0.5, 0.6) is 34.5 Å². The van der Waals surface area contributed by atoms with Crippen LogP contribution in [0.25, 0.3) is 34.2 Å². The summed E-state index contributed by atoms with van der Waals surface area (Å²) in [5, 5.41) is 34.2. The zero-order valence-corrected chi connectivity index (χ0v) is 49.0. The number of nitrogens with zero attached hydrogens (tertiary/aromatic N) is 3. The van der Waals surface area contributed by atoms with Crippen LogP contribution in [0.15, 0.2) is 91.1 Å². The summed E-state index contributed by atoms with van der Waals surface area (Å²) in [4.78, 5) is 48.7. The topological polar surface area (TPSA) is 206 Å². The smallest absolute Gasteiger partial charge is 0.333 e. The van der Waals surface area contributed by atoms with Crippen LogP contribution in [0.1, 0.15) is 194 Å². The van der Waals surface area contributed by atoms with Gasteiger partial charge in [0.15, 0.2) is 17.5 Å². The minimum atomic E-state index is -0.324. The lowest BCUT2D eigenvalue weighted by molar-refractivity contribution is -0.139. The molecule has 0 atom stereocenters. The first-order valence-electron chi connectivity index (χ1n) is 29.9. The average molecular weight is 1120 g/mol. The number of carbonyl (C=O) groups excluding carboxylic acids is 3. The summed E-state index contributed by atoms with van der Waals surface area (Å²) >= 11 is 0. The van der Waals surface area contributed by atoms with Gasteiger partial charge < -0.3 is 43.7 Å². The van der Waals surface area contributed by atoms with Crippen molar-refractivity contribution in [3.63, 3.8) is 0 Å². The van der Waals surface area contributed by atoms with Gasteiger partial charge in [0.1, 0.15) is 34.5 Å². The number of ether oxygens (including phenoxy) is 6. The highest BCUT2D eigenvalue weighted by atomic mass is 16.5. The zero-order chi connectivity index (χ0) is 58.5. The maximum atomic E-state index is 11.5. The van der Waals surface area contributed by atoms with Gasteiger partial charge in [0.25, 0.3) is 0 Å². The second-order valence-corrected chi connectivity index (χ2v) is 21.2. The predicted molar refractivity (Wildman–Crippen MR) is 320 cm³/mol. The highest BCUT2D eigenvalue weighted by Gasteiger charge is 2.20. The molecule has 15 heteroatoms. The Morgan fingerprint density at radius 3 is 0.728 bits per heavy atom. The summed E-state index contributed by atoms with van der Waals surface area (Å²) in [7, 11) is 0. The Hall–Kier alpha value is -6.90. The van der Waals surface area contributed by atoms with E-state index >= 15 is 0 Å². The van der Waals surface area contributed by atoms with Gasteiger partial charge in [-0.15, -0.1) is 0 Å². The van der Waals surface area contributed by atoms with Crippen LogP contribution in [-0.4, -0.2) is 87.8 Å². The number of carbonyl (C=O) groups is 3. The molecule has 81 heavy (non-hydrogen) atoms. The number of unbranched alkanes of at least 4 members (excludes halogenated alkanes) is 24. The van der Waals surface area contributed by atoms with E-state index in [1.807, 2.05) is 0 Å². The van der Waals surface area contributed by atoms with Crippen LogP contribution >= 0.6 is 0 Å². The molecule has 0 radical (unpaired) electrons. The summed E-state index contributed by atoms with van der Waals surface area (Å²) in [5.41, 5.74) is 2.23. The summed E-state index contributed by atoms with van der Waals surface area (Å²) in [6, 6.07) is 15.0. The molecule has 4 rings (SSSR count). The number of esters is 3. The molecule has 1 heterocycles. The van der Waals surface area contributed by atoms with Crippen molar-refractivity contribution in [1.82, 2.24) is 15.0 Å². The first kappa shape index (κ1) is 66.6. The summed E-state index contributed by atoms with van der Waals surface area (Å²) in [5.74, 6) is 0.650. The van der Waals surface area contributed by atoms with Gasteiger partial charge in [-0.2, -0.15) is 0 Å². The number of aromatic nitrogens is 3. The van der Waals surface area contributed by atoms with E-state index in [1.165, 1.54) is 0 Å². The van der Waals surface area contributed by atoms with Crippen molar-refractivity contribution >= 4 is 17.9 Å². The summed E-state index contributed by atoms with van der Waals surface area (Å²) in [6.45, 7) is 18.6. The third kappa shape index (κ3) is 27.4. The van der Waals surface area contributed by atoms with Gasteiger partial charge in [0, 0.05) is 34.9 Å². The lowest BCUT2D eigenvalue weighted by Crippen LogP contribution is -2.05. The van der Waals surface area contributed by atoms with Gasteiger partial charge in [-0.1, -0.05) is 155 Å². The SMILES string of the molecule is C=C(C)C(=O)OCCCCCCCCCCCOc1ccc(-c2nc(-c3ccc(OCCCCCCCCCCCOC(=O)C(=C)C)cc3O)nc(-c3ccc(OCCCCCCCCCCCOC(=O)C(=C)C)cc3O)n2)c(O)c1. The number of phenols is 3. The fourth-order valence-corrected chi connectivity index (χ4v) is 8.87. The molecule has 0 saturated carbocycles. The van der Waals surface area contributed by atoms with Crippen molar-refractivity contribution in [2.24, 2.45) is 0 Å². The van der Waals surface area contributed by atoms with Crippen LogP contribution in [0.2, 0.25) is 0 Å². The van der Waals surface area contributed by atoms with Gasteiger partial charge in [0.05, 0.1) is 56.3 Å². The average Bonchev–Trinajstić information content (AvgIpc) is 3.44. The number of rotatable bonds is 45. The molecule has 4 aromatic rings. The Morgan fingerprint density at radius 1 is 0.333 bits per heavy atom. The second-order valence-electron chi connectivity index (χ2n) is 21.2. The van der Waals surface area contributed by atoms with Gasteiger partial charge >= 0.3 is 17.9 Å². The Bertz CT molecular complexity index is 2270. The molecule has 0 aliphatic rings. The molecular formula is C66H93N3O12. The minimum Gasteiger partial charge on any atom is -0.507 e. The molecule has 0 saturated heterocycles. The fourth-order valence-electron chi connectivity index (χ4n) is 8.87. The Kier molecular flexibility index (Phi) is 32.5. The number of hydrogen-bond acceptors (Lipinski definition) is 15. The van der Waals surface area contributed by atoms with E-state index in [0.717, 1.165) is 173 Å². The van der Waals surface area contributed by atoms with Gasteiger partial charge in [-0.05, 0) is 95.7 Å². The number of benzene rings is 3. The van der Waals surface area contributed by atoms with Crippen LogP contribution in [0.3, 0.4) is 0 Å². The molecule has 3 aromatic carbocycles. The van der Waals surface area contributed by atoms with E-state index in [4.69, 9.17) is 43.4 Å². The quantitative estimate of drug-likeness (QED) is 0.0163. The molecule has 0 fully saturated rings. The number of aromatic hydroxyl groups is 3. The third-order valence-corrected chi connectivity index (χ3v) is 13.7. The maximum absolute atomic E-state index is 11.5. The molecule has 0 aliphatic heterocycles. The fraction of sp³-hybridized carbons (Fsp3) is 0.545. The van der Waals surface area contributed by atoms with E-state index in [0.29, 0.717) is 90.3 Å². The monoisotopic (exact) mass is 1120 g/mol. The highest BCUT2D eigenvalue weighted by Crippen LogP contribution is 2.38. The molecule has 15 nitrogen and oxygen atoms in total. The van der Waals surface area contributed by atoms with Crippen molar-refractivity contribution in [2.45, 2.75) is 194 Å². The lowest BCUT2D eigenvalue weighted by atomic mass is 10.1. The second kappa shape index (κ2) is 39.5. The molecule has 3 N–H and O–H groups in total. The summed E-state index contributed by atoms with van der Waals surface area (Å²) in [6.07, 6.45) is 28.5.